The van der Waals surface area contributed by atoms with E-state index in [1.807, 2.05) is 0 Å². The van der Waals surface area contributed by atoms with Gasteiger partial charge in [0.2, 0.25) is 0 Å². The Bertz CT molecular complexity index is 560. The second-order valence-electron chi connectivity index (χ2n) is 3.35. The lowest BCUT2D eigenvalue weighted by Crippen LogP contribution is -1.98. The number of benzene rings is 1. The Labute approximate surface area is 105 Å². The molecule has 1 aromatic carbocycles. The minimum absolute atomic E-state index is 0.00352. The van der Waals surface area contributed by atoms with Gasteiger partial charge in [0.1, 0.15) is 17.5 Å². The second kappa shape index (κ2) is 4.67. The molecule has 0 aliphatic rings. The van der Waals surface area contributed by atoms with Gasteiger partial charge in [-0.2, -0.15) is 0 Å². The molecule has 3 N–H and O–H groups in total. The fourth-order valence-corrected chi connectivity index (χ4v) is 1.59. The highest BCUT2D eigenvalue weighted by molar-refractivity contribution is 9.10. The zero-order chi connectivity index (χ0) is 12.4. The Hall–Kier alpha value is -1.69. The standard InChI is InChI=1S/C11H8BrF2N3/c12-7-4-9(14)10(5-8(7)13)17-11-3-6(15)1-2-16-11/h1-5H,(H3,15,16,17). The molecule has 6 heteroatoms. The molecule has 17 heavy (non-hydrogen) atoms. The molecule has 0 fully saturated rings. The molecule has 88 valence electrons. The molecule has 0 bridgehead atoms. The van der Waals surface area contributed by atoms with Crippen LogP contribution < -0.4 is 11.1 Å². The van der Waals surface area contributed by atoms with Crippen molar-refractivity contribution in [3.63, 3.8) is 0 Å². The molecular formula is C11H8BrF2N3. The topological polar surface area (TPSA) is 50.9 Å². The van der Waals surface area contributed by atoms with Crippen molar-refractivity contribution in [3.8, 4) is 0 Å². The maximum Gasteiger partial charge on any atom is 0.148 e. The van der Waals surface area contributed by atoms with E-state index < -0.39 is 11.6 Å². The van der Waals surface area contributed by atoms with Gasteiger partial charge >= 0.3 is 0 Å². The van der Waals surface area contributed by atoms with Crippen molar-refractivity contribution in [2.24, 2.45) is 0 Å². The van der Waals surface area contributed by atoms with Crippen LogP contribution in [0.1, 0.15) is 0 Å². The normalized spacial score (nSPS) is 10.3. The lowest BCUT2D eigenvalue weighted by atomic mass is 10.3. The first kappa shape index (κ1) is 11.8. The summed E-state index contributed by atoms with van der Waals surface area (Å²) in [6.45, 7) is 0. The Balaban J connectivity index is 2.33. The molecule has 0 amide bonds. The van der Waals surface area contributed by atoms with E-state index in [2.05, 4.69) is 26.2 Å². The molecule has 3 nitrogen and oxygen atoms in total. The van der Waals surface area contributed by atoms with Crippen LogP contribution in [0.4, 0.5) is 26.0 Å². The van der Waals surface area contributed by atoms with Crippen LogP contribution in [0.25, 0.3) is 0 Å². The summed E-state index contributed by atoms with van der Waals surface area (Å²) >= 11 is 2.90. The first-order chi connectivity index (χ1) is 8.06. The summed E-state index contributed by atoms with van der Waals surface area (Å²) in [5.41, 5.74) is 6.04. The van der Waals surface area contributed by atoms with E-state index in [1.165, 1.54) is 12.3 Å². The van der Waals surface area contributed by atoms with Crippen molar-refractivity contribution in [2.75, 3.05) is 11.1 Å². The smallest absolute Gasteiger partial charge is 0.148 e. The molecule has 0 atom stereocenters. The van der Waals surface area contributed by atoms with E-state index in [0.717, 1.165) is 12.1 Å². The quantitative estimate of drug-likeness (QED) is 0.835. The van der Waals surface area contributed by atoms with Gasteiger partial charge in [-0.25, -0.2) is 13.8 Å². The summed E-state index contributed by atoms with van der Waals surface area (Å²) < 4.78 is 26.8. The van der Waals surface area contributed by atoms with E-state index >= 15 is 0 Å². The molecule has 1 heterocycles. The van der Waals surface area contributed by atoms with Crippen molar-refractivity contribution in [2.45, 2.75) is 0 Å². The number of nitrogens with one attached hydrogen (secondary N) is 1. The predicted molar refractivity (Wildman–Crippen MR) is 66.0 cm³/mol. The van der Waals surface area contributed by atoms with Crippen LogP contribution >= 0.6 is 15.9 Å². The molecule has 0 radical (unpaired) electrons. The maximum atomic E-state index is 13.5. The maximum absolute atomic E-state index is 13.5. The Morgan fingerprint density at radius 3 is 2.65 bits per heavy atom. The fraction of sp³-hybridized carbons (Fsp3) is 0. The molecule has 2 rings (SSSR count). The molecule has 0 unspecified atom stereocenters. The lowest BCUT2D eigenvalue weighted by molar-refractivity contribution is 0.598. The number of aromatic nitrogens is 1. The van der Waals surface area contributed by atoms with Crippen molar-refractivity contribution < 1.29 is 8.78 Å². The summed E-state index contributed by atoms with van der Waals surface area (Å²) in [5.74, 6) is -0.786. The van der Waals surface area contributed by atoms with Crippen LogP contribution in [-0.4, -0.2) is 4.98 Å². The molecule has 1 aromatic heterocycles. The van der Waals surface area contributed by atoms with E-state index in [-0.39, 0.29) is 10.2 Å². The summed E-state index contributed by atoms with van der Waals surface area (Å²) in [7, 11) is 0. The fourth-order valence-electron chi connectivity index (χ4n) is 1.27. The van der Waals surface area contributed by atoms with E-state index in [4.69, 9.17) is 5.73 Å². The van der Waals surface area contributed by atoms with Crippen molar-refractivity contribution in [1.29, 1.82) is 0 Å². The molecular weight excluding hydrogens is 292 g/mol. The number of nitrogens with two attached hydrogens (primary N) is 1. The Morgan fingerprint density at radius 2 is 1.94 bits per heavy atom. The summed E-state index contributed by atoms with van der Waals surface area (Å²) in [6.07, 6.45) is 1.48. The first-order valence-corrected chi connectivity index (χ1v) is 5.48. The third-order valence-electron chi connectivity index (χ3n) is 2.06. The van der Waals surface area contributed by atoms with E-state index in [1.54, 1.807) is 6.07 Å². The number of hydrogen-bond acceptors (Lipinski definition) is 3. The van der Waals surface area contributed by atoms with Gasteiger partial charge in [0, 0.05) is 24.0 Å². The molecule has 0 saturated carbocycles. The minimum Gasteiger partial charge on any atom is -0.399 e. The van der Waals surface area contributed by atoms with Crippen LogP contribution in [0, 0.1) is 11.6 Å². The van der Waals surface area contributed by atoms with Crippen molar-refractivity contribution in [1.82, 2.24) is 4.98 Å². The lowest BCUT2D eigenvalue weighted by Gasteiger charge is -2.08. The van der Waals surface area contributed by atoms with Gasteiger partial charge in [-0.3, -0.25) is 0 Å². The monoisotopic (exact) mass is 299 g/mol. The van der Waals surface area contributed by atoms with Crippen LogP contribution in [0.15, 0.2) is 34.9 Å². The number of hydrogen-bond donors (Lipinski definition) is 2. The molecule has 0 spiro atoms. The number of nitrogens with zero attached hydrogens (tertiary/aromatic N) is 1. The predicted octanol–water partition coefficient (Wildman–Crippen LogP) is 3.45. The van der Waals surface area contributed by atoms with E-state index in [9.17, 15) is 8.78 Å². The third kappa shape index (κ3) is 2.71. The molecule has 0 saturated heterocycles. The number of halogens is 3. The molecule has 0 aliphatic carbocycles. The Morgan fingerprint density at radius 1 is 1.18 bits per heavy atom. The van der Waals surface area contributed by atoms with Gasteiger partial charge in [-0.15, -0.1) is 0 Å². The van der Waals surface area contributed by atoms with Crippen LogP contribution in [-0.2, 0) is 0 Å². The highest BCUT2D eigenvalue weighted by Gasteiger charge is 2.08. The van der Waals surface area contributed by atoms with Gasteiger partial charge < -0.3 is 11.1 Å². The first-order valence-electron chi connectivity index (χ1n) is 4.69. The zero-order valence-corrected chi connectivity index (χ0v) is 10.1. The number of anilines is 3. The Kier molecular flexibility index (Phi) is 3.23. The summed E-state index contributed by atoms with van der Waals surface area (Å²) in [4.78, 5) is 3.94. The largest absolute Gasteiger partial charge is 0.399 e. The zero-order valence-electron chi connectivity index (χ0n) is 8.55. The van der Waals surface area contributed by atoms with Gasteiger partial charge in [0.25, 0.3) is 0 Å². The van der Waals surface area contributed by atoms with Gasteiger partial charge in [-0.05, 0) is 28.1 Å². The SMILES string of the molecule is Nc1ccnc(Nc2cc(F)c(Br)cc2F)c1. The highest BCUT2D eigenvalue weighted by Crippen LogP contribution is 2.25. The summed E-state index contributed by atoms with van der Waals surface area (Å²) in [6, 6.07) is 5.22. The van der Waals surface area contributed by atoms with Crippen LogP contribution in [0.3, 0.4) is 0 Å². The van der Waals surface area contributed by atoms with Crippen molar-refractivity contribution in [3.05, 3.63) is 46.6 Å². The number of rotatable bonds is 2. The average Bonchev–Trinajstić information content (AvgIpc) is 2.26. The average molecular weight is 300 g/mol. The van der Waals surface area contributed by atoms with Crippen LogP contribution in [0.5, 0.6) is 0 Å². The minimum atomic E-state index is -0.581. The second-order valence-corrected chi connectivity index (χ2v) is 4.20. The third-order valence-corrected chi connectivity index (χ3v) is 2.66. The van der Waals surface area contributed by atoms with E-state index in [0.29, 0.717) is 11.5 Å². The molecule has 0 aliphatic heterocycles. The van der Waals surface area contributed by atoms with Gasteiger partial charge in [0.15, 0.2) is 0 Å². The molecule has 2 aromatic rings. The number of pyridine rings is 1. The van der Waals surface area contributed by atoms with Gasteiger partial charge in [0.05, 0.1) is 10.2 Å². The number of nitrogen functional groups attached to an aromatic ring is 1. The van der Waals surface area contributed by atoms with Gasteiger partial charge in [-0.1, -0.05) is 0 Å². The highest BCUT2D eigenvalue weighted by atomic mass is 79.9. The summed E-state index contributed by atoms with van der Waals surface area (Å²) in [5, 5.41) is 2.65. The van der Waals surface area contributed by atoms with Crippen LogP contribution in [0.2, 0.25) is 0 Å². The van der Waals surface area contributed by atoms with Crippen molar-refractivity contribution >= 4 is 33.1 Å².